The summed E-state index contributed by atoms with van der Waals surface area (Å²) in [7, 11) is 0. The summed E-state index contributed by atoms with van der Waals surface area (Å²) in [5.74, 6) is -1.93. The molecule has 0 fully saturated rings. The molecule has 0 saturated carbocycles. The third kappa shape index (κ3) is 6.95. The summed E-state index contributed by atoms with van der Waals surface area (Å²) >= 11 is 0. The number of fused-ring (bicyclic) bond motifs is 3. The molecule has 0 aliphatic heterocycles. The molecular weight excluding hydrogens is 472 g/mol. The Bertz CT molecular complexity index is 1180. The molecule has 3 aromatic carbocycles. The van der Waals surface area contributed by atoms with Crippen molar-refractivity contribution in [1.29, 1.82) is 0 Å². The van der Waals surface area contributed by atoms with Gasteiger partial charge < -0.3 is 25.2 Å². The van der Waals surface area contributed by atoms with Crippen LogP contribution in [-0.2, 0) is 25.7 Å². The van der Waals surface area contributed by atoms with Crippen molar-refractivity contribution < 1.29 is 29.0 Å². The van der Waals surface area contributed by atoms with Gasteiger partial charge in [0.1, 0.15) is 12.6 Å². The largest absolute Gasteiger partial charge is 0.481 e. The monoisotopic (exact) mass is 502 g/mol. The summed E-state index contributed by atoms with van der Waals surface area (Å²) in [6.07, 6.45) is -0.849. The fraction of sp³-hybridized carbons (Fsp3) is 0.276. The maximum Gasteiger partial charge on any atom is 0.407 e. The first-order valence-electron chi connectivity index (χ1n) is 12.3. The van der Waals surface area contributed by atoms with Crippen LogP contribution < -0.4 is 10.6 Å². The molecule has 3 aromatic rings. The summed E-state index contributed by atoms with van der Waals surface area (Å²) in [4.78, 5) is 36.4. The van der Waals surface area contributed by atoms with E-state index in [1.54, 1.807) is 0 Å². The minimum atomic E-state index is -1.25. The van der Waals surface area contributed by atoms with E-state index in [0.717, 1.165) is 27.8 Å². The predicted octanol–water partition coefficient (Wildman–Crippen LogP) is 4.09. The van der Waals surface area contributed by atoms with Crippen molar-refractivity contribution in [2.75, 3.05) is 19.8 Å². The molecule has 0 bridgehead atoms. The number of benzene rings is 3. The highest BCUT2D eigenvalue weighted by atomic mass is 16.5. The number of hydrogen-bond acceptors (Lipinski definition) is 5. The molecule has 3 N–H and O–H groups in total. The Morgan fingerprint density at radius 2 is 1.49 bits per heavy atom. The first-order valence-corrected chi connectivity index (χ1v) is 12.3. The molecule has 8 nitrogen and oxygen atoms in total. The summed E-state index contributed by atoms with van der Waals surface area (Å²) in [5, 5.41) is 14.3. The Morgan fingerprint density at radius 1 is 0.865 bits per heavy atom. The molecule has 1 aliphatic rings. The Hall–Kier alpha value is -4.17. The first kappa shape index (κ1) is 25.9. The van der Waals surface area contributed by atoms with Crippen molar-refractivity contribution >= 4 is 18.0 Å². The standard InChI is InChI=1S/C29H30N2O6/c32-27(33)17-26(28(34)30-15-8-16-36-18-20-9-2-1-3-10-20)31-29(35)37-19-25-23-13-6-4-11-21(23)22-12-5-7-14-24(22)25/h1-7,9-14,25-26H,8,15-19H2,(H,30,34)(H,31,35)(H,32,33). The van der Waals surface area contributed by atoms with E-state index in [1.165, 1.54) is 0 Å². The van der Waals surface area contributed by atoms with Gasteiger partial charge in [0, 0.05) is 19.1 Å². The lowest BCUT2D eigenvalue weighted by atomic mass is 9.98. The molecule has 0 aromatic heterocycles. The Balaban J connectivity index is 1.25. The zero-order valence-corrected chi connectivity index (χ0v) is 20.4. The molecule has 0 spiro atoms. The molecule has 8 heteroatoms. The molecular formula is C29H30N2O6. The fourth-order valence-electron chi connectivity index (χ4n) is 4.44. The van der Waals surface area contributed by atoms with E-state index in [1.807, 2.05) is 78.9 Å². The van der Waals surface area contributed by atoms with Gasteiger partial charge in [-0.05, 0) is 34.2 Å². The second-order valence-corrected chi connectivity index (χ2v) is 8.80. The number of hydrogen-bond donors (Lipinski definition) is 3. The lowest BCUT2D eigenvalue weighted by molar-refractivity contribution is -0.139. The smallest absolute Gasteiger partial charge is 0.407 e. The van der Waals surface area contributed by atoms with Crippen molar-refractivity contribution in [2.45, 2.75) is 31.4 Å². The maximum absolute atomic E-state index is 12.6. The number of carbonyl (C=O) groups is 3. The predicted molar refractivity (Wildman–Crippen MR) is 138 cm³/mol. The molecule has 1 aliphatic carbocycles. The van der Waals surface area contributed by atoms with Crippen molar-refractivity contribution in [2.24, 2.45) is 0 Å². The Kier molecular flexibility index (Phi) is 8.89. The van der Waals surface area contributed by atoms with E-state index in [4.69, 9.17) is 9.47 Å². The second-order valence-electron chi connectivity index (χ2n) is 8.80. The van der Waals surface area contributed by atoms with Gasteiger partial charge in [-0.15, -0.1) is 0 Å². The topological polar surface area (TPSA) is 114 Å². The van der Waals surface area contributed by atoms with Crippen molar-refractivity contribution in [3.63, 3.8) is 0 Å². The zero-order valence-electron chi connectivity index (χ0n) is 20.4. The highest BCUT2D eigenvalue weighted by Gasteiger charge is 2.30. The minimum absolute atomic E-state index is 0.0695. The van der Waals surface area contributed by atoms with Crippen LogP contribution in [0.15, 0.2) is 78.9 Å². The molecule has 0 heterocycles. The van der Waals surface area contributed by atoms with E-state index in [9.17, 15) is 19.5 Å². The quantitative estimate of drug-likeness (QED) is 0.322. The average molecular weight is 503 g/mol. The molecule has 0 saturated heterocycles. The fourth-order valence-corrected chi connectivity index (χ4v) is 4.44. The van der Waals surface area contributed by atoms with Crippen molar-refractivity contribution in [3.05, 3.63) is 95.6 Å². The SMILES string of the molecule is O=C(O)CC(NC(=O)OCC1c2ccccc2-c2ccccc21)C(=O)NCCCOCc1ccccc1. The zero-order chi connectivity index (χ0) is 26.0. The summed E-state index contributed by atoms with van der Waals surface area (Å²) in [6.45, 7) is 1.26. The highest BCUT2D eigenvalue weighted by Crippen LogP contribution is 2.44. The minimum Gasteiger partial charge on any atom is -0.481 e. The second kappa shape index (κ2) is 12.7. The summed E-state index contributed by atoms with van der Waals surface area (Å²) < 4.78 is 11.0. The number of ether oxygens (including phenoxy) is 2. The molecule has 37 heavy (non-hydrogen) atoms. The van der Waals surface area contributed by atoms with Crippen LogP contribution in [0.4, 0.5) is 4.79 Å². The summed E-state index contributed by atoms with van der Waals surface area (Å²) in [6, 6.07) is 24.4. The summed E-state index contributed by atoms with van der Waals surface area (Å²) in [5.41, 5.74) is 5.38. The number of aliphatic carboxylic acids is 1. The number of nitrogens with one attached hydrogen (secondary N) is 2. The van der Waals surface area contributed by atoms with E-state index in [0.29, 0.717) is 19.6 Å². The van der Waals surface area contributed by atoms with Gasteiger partial charge in [-0.3, -0.25) is 9.59 Å². The average Bonchev–Trinajstić information content (AvgIpc) is 3.23. The Morgan fingerprint density at radius 3 is 2.14 bits per heavy atom. The first-order chi connectivity index (χ1) is 18.0. The van der Waals surface area contributed by atoms with Gasteiger partial charge in [-0.1, -0.05) is 78.9 Å². The molecule has 1 unspecified atom stereocenters. The number of carboxylic acid groups (broad SMARTS) is 1. The lowest BCUT2D eigenvalue weighted by Gasteiger charge is -2.18. The van der Waals surface area contributed by atoms with Gasteiger partial charge in [-0.25, -0.2) is 4.79 Å². The van der Waals surface area contributed by atoms with Crippen LogP contribution in [0.2, 0.25) is 0 Å². The number of carbonyl (C=O) groups excluding carboxylic acids is 2. The van der Waals surface area contributed by atoms with Gasteiger partial charge >= 0.3 is 12.1 Å². The Labute approximate surface area is 215 Å². The van der Waals surface area contributed by atoms with Gasteiger partial charge in [0.05, 0.1) is 13.0 Å². The van der Waals surface area contributed by atoms with Crippen LogP contribution in [0.3, 0.4) is 0 Å². The van der Waals surface area contributed by atoms with Crippen LogP contribution in [0, 0.1) is 0 Å². The van der Waals surface area contributed by atoms with Crippen LogP contribution in [0.5, 0.6) is 0 Å². The normalized spacial score (nSPS) is 12.8. The van der Waals surface area contributed by atoms with Gasteiger partial charge in [-0.2, -0.15) is 0 Å². The third-order valence-corrected chi connectivity index (χ3v) is 6.21. The van der Waals surface area contributed by atoms with Crippen LogP contribution in [-0.4, -0.2) is 48.9 Å². The van der Waals surface area contributed by atoms with Crippen LogP contribution in [0.1, 0.15) is 35.4 Å². The van der Waals surface area contributed by atoms with Crippen molar-refractivity contribution in [1.82, 2.24) is 10.6 Å². The highest BCUT2D eigenvalue weighted by molar-refractivity contribution is 5.89. The molecule has 1 atom stereocenters. The van der Waals surface area contributed by atoms with Crippen LogP contribution >= 0.6 is 0 Å². The van der Waals surface area contributed by atoms with Crippen molar-refractivity contribution in [3.8, 4) is 11.1 Å². The van der Waals surface area contributed by atoms with E-state index in [2.05, 4.69) is 10.6 Å². The maximum atomic E-state index is 12.6. The van der Waals surface area contributed by atoms with Gasteiger partial charge in [0.2, 0.25) is 5.91 Å². The van der Waals surface area contributed by atoms with E-state index >= 15 is 0 Å². The number of rotatable bonds is 12. The lowest BCUT2D eigenvalue weighted by Crippen LogP contribution is -2.48. The number of alkyl carbamates (subject to hydrolysis) is 1. The number of carboxylic acids is 1. The van der Waals surface area contributed by atoms with E-state index in [-0.39, 0.29) is 19.1 Å². The van der Waals surface area contributed by atoms with E-state index < -0.39 is 30.4 Å². The van der Waals surface area contributed by atoms with Gasteiger partial charge in [0.25, 0.3) is 0 Å². The molecule has 0 radical (unpaired) electrons. The molecule has 2 amide bonds. The third-order valence-electron chi connectivity index (χ3n) is 6.21. The molecule has 4 rings (SSSR count). The number of amides is 2. The van der Waals surface area contributed by atoms with Gasteiger partial charge in [0.15, 0.2) is 0 Å². The van der Waals surface area contributed by atoms with Crippen LogP contribution in [0.25, 0.3) is 11.1 Å². The molecule has 192 valence electrons.